The molecule has 0 fully saturated rings. The number of rotatable bonds is 5. The summed E-state index contributed by atoms with van der Waals surface area (Å²) < 4.78 is 2.22. The van der Waals surface area contributed by atoms with Crippen molar-refractivity contribution in [1.82, 2.24) is 9.55 Å². The fraction of sp³-hybridized carbons (Fsp3) is 0.0952. The Hall–Kier alpha value is -1.94. The van der Waals surface area contributed by atoms with Gasteiger partial charge in [0.25, 0.3) is 0 Å². The number of imidazole rings is 1. The highest BCUT2D eigenvalue weighted by Gasteiger charge is 2.13. The minimum atomic E-state index is 0.686. The summed E-state index contributed by atoms with van der Waals surface area (Å²) in [5.74, 6) is 0.769. The maximum absolute atomic E-state index is 6.38. The molecule has 1 aromatic heterocycles. The zero-order chi connectivity index (χ0) is 17.9. The second-order valence-corrected chi connectivity index (χ2v) is 7.70. The minimum absolute atomic E-state index is 0.686. The molecular formula is C21H16Cl2N2S. The summed E-state index contributed by atoms with van der Waals surface area (Å²) in [7, 11) is 0. The first-order valence-electron chi connectivity index (χ1n) is 8.27. The van der Waals surface area contributed by atoms with Crippen LogP contribution in [0, 0.1) is 0 Å². The van der Waals surface area contributed by atoms with Crippen LogP contribution < -0.4 is 0 Å². The van der Waals surface area contributed by atoms with Crippen molar-refractivity contribution < 1.29 is 0 Å². The summed E-state index contributed by atoms with van der Waals surface area (Å²) in [5, 5.41) is 2.52. The van der Waals surface area contributed by atoms with E-state index in [0.29, 0.717) is 6.54 Å². The number of fused-ring (bicyclic) bond motifs is 1. The third kappa shape index (κ3) is 3.61. The zero-order valence-corrected chi connectivity index (χ0v) is 16.2. The van der Waals surface area contributed by atoms with Crippen molar-refractivity contribution in [3.05, 3.63) is 94.0 Å². The lowest BCUT2D eigenvalue weighted by Gasteiger charge is -2.11. The monoisotopic (exact) mass is 398 g/mol. The molecule has 0 unspecified atom stereocenters. The second kappa shape index (κ2) is 7.75. The normalized spacial score (nSPS) is 11.2. The van der Waals surface area contributed by atoms with Crippen molar-refractivity contribution >= 4 is 46.0 Å². The molecule has 130 valence electrons. The summed E-state index contributed by atoms with van der Waals surface area (Å²) in [6.07, 6.45) is 0. The molecular weight excluding hydrogens is 383 g/mol. The molecule has 0 N–H and O–H groups in total. The van der Waals surface area contributed by atoms with Crippen molar-refractivity contribution in [3.63, 3.8) is 0 Å². The first-order valence-corrected chi connectivity index (χ1v) is 10.0. The van der Waals surface area contributed by atoms with Crippen molar-refractivity contribution in [2.24, 2.45) is 0 Å². The fourth-order valence-corrected chi connectivity index (χ4v) is 4.37. The highest BCUT2D eigenvalue weighted by Crippen LogP contribution is 2.30. The summed E-state index contributed by atoms with van der Waals surface area (Å²) in [6, 6.07) is 24.1. The van der Waals surface area contributed by atoms with Gasteiger partial charge in [-0.3, -0.25) is 0 Å². The number of hydrogen-bond acceptors (Lipinski definition) is 2. The highest BCUT2D eigenvalue weighted by molar-refractivity contribution is 7.98. The Labute approximate surface area is 166 Å². The number of benzene rings is 3. The Morgan fingerprint density at radius 2 is 1.38 bits per heavy atom. The van der Waals surface area contributed by atoms with Crippen LogP contribution in [0.15, 0.2) is 78.0 Å². The summed E-state index contributed by atoms with van der Waals surface area (Å²) in [6.45, 7) is 0.686. The van der Waals surface area contributed by atoms with Gasteiger partial charge in [0, 0.05) is 15.8 Å². The summed E-state index contributed by atoms with van der Waals surface area (Å²) >= 11 is 14.4. The van der Waals surface area contributed by atoms with Crippen molar-refractivity contribution in [2.75, 3.05) is 0 Å². The Balaban J connectivity index is 1.70. The van der Waals surface area contributed by atoms with E-state index in [-0.39, 0.29) is 0 Å². The molecule has 0 bridgehead atoms. The molecule has 5 heteroatoms. The SMILES string of the molecule is Clc1ccccc1CSc1nc2ccccc2n1Cc1ccccc1Cl. The number of para-hydroxylation sites is 2. The van der Waals surface area contributed by atoms with Crippen LogP contribution in [0.2, 0.25) is 10.0 Å². The summed E-state index contributed by atoms with van der Waals surface area (Å²) in [4.78, 5) is 4.82. The van der Waals surface area contributed by atoms with Crippen molar-refractivity contribution in [2.45, 2.75) is 17.5 Å². The van der Waals surface area contributed by atoms with E-state index in [1.807, 2.05) is 54.6 Å². The molecule has 0 aliphatic rings. The molecule has 4 rings (SSSR count). The maximum Gasteiger partial charge on any atom is 0.169 e. The lowest BCUT2D eigenvalue weighted by Crippen LogP contribution is -2.02. The first-order chi connectivity index (χ1) is 12.7. The van der Waals surface area contributed by atoms with E-state index in [4.69, 9.17) is 28.2 Å². The van der Waals surface area contributed by atoms with E-state index in [2.05, 4.69) is 22.8 Å². The fourth-order valence-electron chi connectivity index (χ4n) is 2.87. The van der Waals surface area contributed by atoms with Crippen LogP contribution in [0.4, 0.5) is 0 Å². The van der Waals surface area contributed by atoms with Crippen LogP contribution in [0.5, 0.6) is 0 Å². The molecule has 0 saturated heterocycles. The van der Waals surface area contributed by atoms with Gasteiger partial charge in [-0.2, -0.15) is 0 Å². The van der Waals surface area contributed by atoms with E-state index in [1.54, 1.807) is 11.8 Å². The topological polar surface area (TPSA) is 17.8 Å². The third-order valence-electron chi connectivity index (χ3n) is 4.22. The van der Waals surface area contributed by atoms with Crippen LogP contribution in [-0.4, -0.2) is 9.55 Å². The van der Waals surface area contributed by atoms with E-state index < -0.39 is 0 Å². The standard InChI is InChI=1S/C21H16Cl2N2S/c22-17-9-3-1-7-15(17)13-25-20-12-6-5-11-19(20)24-21(25)26-14-16-8-2-4-10-18(16)23/h1-12H,13-14H2. The van der Waals surface area contributed by atoms with Crippen LogP contribution in [-0.2, 0) is 12.3 Å². The highest BCUT2D eigenvalue weighted by atomic mass is 35.5. The van der Waals surface area contributed by atoms with Gasteiger partial charge >= 0.3 is 0 Å². The summed E-state index contributed by atoms with van der Waals surface area (Å²) in [5.41, 5.74) is 4.28. The van der Waals surface area contributed by atoms with Gasteiger partial charge in [-0.05, 0) is 35.4 Å². The maximum atomic E-state index is 6.38. The van der Waals surface area contributed by atoms with Crippen LogP contribution >= 0.6 is 35.0 Å². The molecule has 1 heterocycles. The molecule has 0 aliphatic heterocycles. The molecule has 4 aromatic rings. The number of halogens is 2. The molecule has 0 saturated carbocycles. The largest absolute Gasteiger partial charge is 0.314 e. The zero-order valence-electron chi connectivity index (χ0n) is 13.9. The van der Waals surface area contributed by atoms with Gasteiger partial charge in [-0.25, -0.2) is 4.98 Å². The first kappa shape index (κ1) is 17.5. The van der Waals surface area contributed by atoms with Crippen LogP contribution in [0.3, 0.4) is 0 Å². The van der Waals surface area contributed by atoms with Gasteiger partial charge in [0.05, 0.1) is 17.6 Å². The predicted molar refractivity (Wildman–Crippen MR) is 111 cm³/mol. The lowest BCUT2D eigenvalue weighted by molar-refractivity contribution is 0.731. The molecule has 0 atom stereocenters. The molecule has 0 aliphatic carbocycles. The lowest BCUT2D eigenvalue weighted by atomic mass is 10.2. The van der Waals surface area contributed by atoms with Crippen LogP contribution in [0.1, 0.15) is 11.1 Å². The third-order valence-corrected chi connectivity index (χ3v) is 5.98. The molecule has 0 spiro atoms. The molecule has 0 radical (unpaired) electrons. The van der Waals surface area contributed by atoms with Gasteiger partial charge in [0.2, 0.25) is 0 Å². The quantitative estimate of drug-likeness (QED) is 0.348. The number of thioether (sulfide) groups is 1. The smallest absolute Gasteiger partial charge is 0.169 e. The molecule has 2 nitrogen and oxygen atoms in total. The van der Waals surface area contributed by atoms with Gasteiger partial charge in [0.1, 0.15) is 0 Å². The average molecular weight is 399 g/mol. The molecule has 0 amide bonds. The van der Waals surface area contributed by atoms with Gasteiger partial charge in [0.15, 0.2) is 5.16 Å². The van der Waals surface area contributed by atoms with Crippen molar-refractivity contribution in [1.29, 1.82) is 0 Å². The van der Waals surface area contributed by atoms with Gasteiger partial charge in [-0.15, -0.1) is 0 Å². The Kier molecular flexibility index (Phi) is 5.21. The Morgan fingerprint density at radius 3 is 2.12 bits per heavy atom. The van der Waals surface area contributed by atoms with E-state index in [1.165, 1.54) is 0 Å². The predicted octanol–water partition coefficient (Wildman–Crippen LogP) is 6.68. The number of nitrogens with zero attached hydrogens (tertiary/aromatic N) is 2. The number of aromatic nitrogens is 2. The van der Waals surface area contributed by atoms with E-state index in [9.17, 15) is 0 Å². The molecule has 26 heavy (non-hydrogen) atoms. The Bertz CT molecular complexity index is 1060. The second-order valence-electron chi connectivity index (χ2n) is 5.94. The van der Waals surface area contributed by atoms with E-state index in [0.717, 1.165) is 43.1 Å². The van der Waals surface area contributed by atoms with Crippen molar-refractivity contribution in [3.8, 4) is 0 Å². The van der Waals surface area contributed by atoms with Gasteiger partial charge < -0.3 is 4.57 Å². The van der Waals surface area contributed by atoms with E-state index >= 15 is 0 Å². The Morgan fingerprint density at radius 1 is 0.769 bits per heavy atom. The average Bonchev–Trinajstić information content (AvgIpc) is 3.01. The number of hydrogen-bond donors (Lipinski definition) is 0. The molecule has 3 aromatic carbocycles. The van der Waals surface area contributed by atoms with Crippen LogP contribution in [0.25, 0.3) is 11.0 Å². The minimum Gasteiger partial charge on any atom is -0.314 e. The van der Waals surface area contributed by atoms with Gasteiger partial charge in [-0.1, -0.05) is 83.5 Å².